The molecule has 16 heavy (non-hydrogen) atoms. The van der Waals surface area contributed by atoms with Crippen molar-refractivity contribution in [3.8, 4) is 0 Å². The van der Waals surface area contributed by atoms with Gasteiger partial charge in [-0.3, -0.25) is 4.21 Å². The summed E-state index contributed by atoms with van der Waals surface area (Å²) in [7, 11) is -0.597. The Morgan fingerprint density at radius 1 is 1.38 bits per heavy atom. The van der Waals surface area contributed by atoms with Gasteiger partial charge in [-0.2, -0.15) is 0 Å². The zero-order valence-electron chi connectivity index (χ0n) is 8.71. The summed E-state index contributed by atoms with van der Waals surface area (Å²) in [5.41, 5.74) is 1.06. The molecule has 1 aliphatic heterocycles. The van der Waals surface area contributed by atoms with E-state index in [1.54, 1.807) is 0 Å². The van der Waals surface area contributed by atoms with Crippen LogP contribution in [0.4, 0.5) is 5.69 Å². The zero-order chi connectivity index (χ0) is 11.5. The Balaban J connectivity index is 1.98. The highest BCUT2D eigenvalue weighted by molar-refractivity contribution is 9.10. The summed E-state index contributed by atoms with van der Waals surface area (Å²) in [6.45, 7) is 0. The van der Waals surface area contributed by atoms with Gasteiger partial charge < -0.3 is 5.32 Å². The second-order valence-corrected chi connectivity index (χ2v) is 6.85. The van der Waals surface area contributed by atoms with Crippen molar-refractivity contribution in [3.63, 3.8) is 0 Å². The van der Waals surface area contributed by atoms with Crippen molar-refractivity contribution in [3.05, 3.63) is 27.7 Å². The second kappa shape index (κ2) is 5.52. The monoisotopic (exact) mass is 321 g/mol. The zero-order valence-corrected chi connectivity index (χ0v) is 11.9. The van der Waals surface area contributed by atoms with Crippen LogP contribution in [0.15, 0.2) is 22.7 Å². The first-order valence-corrected chi connectivity index (χ1v) is 7.87. The third kappa shape index (κ3) is 3.22. The normalized spacial score (nSPS) is 25.4. The molecule has 0 bridgehead atoms. The number of hydrogen-bond acceptors (Lipinski definition) is 2. The van der Waals surface area contributed by atoms with Gasteiger partial charge in [-0.15, -0.1) is 0 Å². The average molecular weight is 323 g/mol. The van der Waals surface area contributed by atoms with Crippen LogP contribution in [0.5, 0.6) is 0 Å². The molecule has 1 aromatic carbocycles. The number of hydrogen-bond donors (Lipinski definition) is 1. The van der Waals surface area contributed by atoms with E-state index < -0.39 is 10.8 Å². The molecule has 1 heterocycles. The van der Waals surface area contributed by atoms with Crippen LogP contribution < -0.4 is 5.32 Å². The molecule has 0 radical (unpaired) electrons. The van der Waals surface area contributed by atoms with Gasteiger partial charge in [-0.25, -0.2) is 0 Å². The van der Waals surface area contributed by atoms with Gasteiger partial charge in [0.2, 0.25) is 0 Å². The van der Waals surface area contributed by atoms with E-state index in [1.807, 2.05) is 18.2 Å². The van der Waals surface area contributed by atoms with E-state index >= 15 is 0 Å². The third-order valence-corrected chi connectivity index (χ3v) is 5.27. The predicted molar refractivity (Wildman–Crippen MR) is 73.7 cm³/mol. The summed E-state index contributed by atoms with van der Waals surface area (Å²) in [5.74, 6) is 1.62. The lowest BCUT2D eigenvalue weighted by Crippen LogP contribution is -2.29. The van der Waals surface area contributed by atoms with Crippen molar-refractivity contribution in [2.24, 2.45) is 0 Å². The van der Waals surface area contributed by atoms with Gasteiger partial charge in [0, 0.05) is 38.5 Å². The van der Waals surface area contributed by atoms with E-state index in [9.17, 15) is 4.21 Å². The van der Waals surface area contributed by atoms with Crippen LogP contribution in [0, 0.1) is 0 Å². The molecule has 0 amide bonds. The fraction of sp³-hybridized carbons (Fsp3) is 0.455. The first-order chi connectivity index (χ1) is 7.65. The minimum atomic E-state index is -0.597. The predicted octanol–water partition coefficient (Wildman–Crippen LogP) is 3.43. The van der Waals surface area contributed by atoms with Crippen LogP contribution >= 0.6 is 27.5 Å². The molecule has 1 aromatic rings. The van der Waals surface area contributed by atoms with Gasteiger partial charge >= 0.3 is 0 Å². The van der Waals surface area contributed by atoms with Gasteiger partial charge in [-0.1, -0.05) is 11.6 Å². The third-order valence-electron chi connectivity index (χ3n) is 2.68. The molecule has 0 aliphatic carbocycles. The molecule has 0 saturated carbocycles. The van der Waals surface area contributed by atoms with Crippen molar-refractivity contribution in [2.45, 2.75) is 18.9 Å². The van der Waals surface area contributed by atoms with E-state index in [1.165, 1.54) is 0 Å². The van der Waals surface area contributed by atoms with Crippen LogP contribution in [-0.2, 0) is 10.8 Å². The van der Waals surface area contributed by atoms with E-state index in [0.717, 1.165) is 39.5 Å². The van der Waals surface area contributed by atoms with Crippen molar-refractivity contribution in [1.29, 1.82) is 0 Å². The van der Waals surface area contributed by atoms with Crippen molar-refractivity contribution < 1.29 is 4.21 Å². The number of anilines is 1. The van der Waals surface area contributed by atoms with E-state index in [2.05, 4.69) is 21.2 Å². The molecule has 1 aliphatic rings. The van der Waals surface area contributed by atoms with Gasteiger partial charge in [0.1, 0.15) is 0 Å². The number of rotatable bonds is 2. The molecule has 1 fully saturated rings. The molecule has 2 rings (SSSR count). The lowest BCUT2D eigenvalue weighted by atomic mass is 10.1. The average Bonchev–Trinajstić information content (AvgIpc) is 2.27. The van der Waals surface area contributed by atoms with Crippen molar-refractivity contribution in [1.82, 2.24) is 0 Å². The minimum Gasteiger partial charge on any atom is -0.382 e. The quantitative estimate of drug-likeness (QED) is 0.904. The summed E-state index contributed by atoms with van der Waals surface area (Å²) in [6.07, 6.45) is 1.96. The summed E-state index contributed by atoms with van der Waals surface area (Å²) in [4.78, 5) is 0. The molecule has 5 heteroatoms. The van der Waals surface area contributed by atoms with E-state index in [0.29, 0.717) is 6.04 Å². The molecule has 88 valence electrons. The van der Waals surface area contributed by atoms with Gasteiger partial charge in [0.25, 0.3) is 0 Å². The molecule has 0 spiro atoms. The van der Waals surface area contributed by atoms with Gasteiger partial charge in [-0.05, 0) is 47.0 Å². The Bertz CT molecular complexity index is 403. The minimum absolute atomic E-state index is 0.436. The van der Waals surface area contributed by atoms with E-state index in [-0.39, 0.29) is 0 Å². The highest BCUT2D eigenvalue weighted by atomic mass is 79.9. The lowest BCUT2D eigenvalue weighted by Gasteiger charge is -2.23. The van der Waals surface area contributed by atoms with Crippen LogP contribution in [0.2, 0.25) is 5.02 Å². The first kappa shape index (κ1) is 12.4. The largest absolute Gasteiger partial charge is 0.382 e. The standard InChI is InChI=1S/C11H13BrClNOS/c12-10-7-9(1-2-11(10)13)14-8-3-5-16(15)6-4-8/h1-2,7-8,14H,3-6H2. The molecular formula is C11H13BrClNOS. The van der Waals surface area contributed by atoms with Crippen molar-refractivity contribution in [2.75, 3.05) is 16.8 Å². The summed E-state index contributed by atoms with van der Waals surface area (Å²) in [5, 5.41) is 4.16. The summed E-state index contributed by atoms with van der Waals surface area (Å²) < 4.78 is 12.1. The van der Waals surface area contributed by atoms with Crippen LogP contribution in [0.3, 0.4) is 0 Å². The maximum absolute atomic E-state index is 11.2. The topological polar surface area (TPSA) is 29.1 Å². The fourth-order valence-corrected chi connectivity index (χ4v) is 3.56. The van der Waals surface area contributed by atoms with Crippen LogP contribution in [0.25, 0.3) is 0 Å². The molecule has 1 N–H and O–H groups in total. The Kier molecular flexibility index (Phi) is 4.27. The Morgan fingerprint density at radius 2 is 2.06 bits per heavy atom. The Morgan fingerprint density at radius 3 is 2.69 bits per heavy atom. The number of benzene rings is 1. The van der Waals surface area contributed by atoms with Crippen LogP contribution in [-0.4, -0.2) is 21.8 Å². The van der Waals surface area contributed by atoms with E-state index in [4.69, 9.17) is 11.6 Å². The lowest BCUT2D eigenvalue weighted by molar-refractivity contribution is 0.624. The molecule has 1 saturated heterocycles. The first-order valence-electron chi connectivity index (χ1n) is 5.22. The SMILES string of the molecule is O=S1CCC(Nc2ccc(Cl)c(Br)c2)CC1. The second-order valence-electron chi connectivity index (χ2n) is 3.90. The number of halogens is 2. The van der Waals surface area contributed by atoms with Gasteiger partial charge in [0.05, 0.1) is 5.02 Å². The molecule has 0 aromatic heterocycles. The maximum Gasteiger partial charge on any atom is 0.0549 e. The van der Waals surface area contributed by atoms with Crippen LogP contribution in [0.1, 0.15) is 12.8 Å². The number of nitrogens with one attached hydrogen (secondary N) is 1. The molecule has 2 nitrogen and oxygen atoms in total. The Hall–Kier alpha value is -0.0600. The summed E-state index contributed by atoms with van der Waals surface area (Å²) >= 11 is 9.33. The van der Waals surface area contributed by atoms with Gasteiger partial charge in [0.15, 0.2) is 0 Å². The molecular weight excluding hydrogens is 310 g/mol. The smallest absolute Gasteiger partial charge is 0.0549 e. The highest BCUT2D eigenvalue weighted by Gasteiger charge is 2.17. The maximum atomic E-state index is 11.2. The van der Waals surface area contributed by atoms with Crippen molar-refractivity contribution >= 4 is 44.0 Å². The Labute approximate surface area is 111 Å². The molecule has 0 unspecified atom stereocenters. The highest BCUT2D eigenvalue weighted by Crippen LogP contribution is 2.26. The fourth-order valence-electron chi connectivity index (χ4n) is 1.76. The molecule has 0 atom stereocenters. The summed E-state index contributed by atoms with van der Waals surface area (Å²) in [6, 6.07) is 6.26.